The Kier molecular flexibility index (Phi) is 11.2. The van der Waals surface area contributed by atoms with Gasteiger partial charge in [-0.25, -0.2) is 15.0 Å². The molecule has 6 heteroatoms. The highest BCUT2D eigenvalue weighted by Crippen LogP contribution is 2.61. The lowest BCUT2D eigenvalue weighted by Gasteiger charge is -2.56. The van der Waals surface area contributed by atoms with Gasteiger partial charge in [-0.2, -0.15) is 0 Å². The lowest BCUT2D eigenvalue weighted by atomic mass is 9.49. The highest BCUT2D eigenvalue weighted by molar-refractivity contribution is 7.19. The van der Waals surface area contributed by atoms with Crippen LogP contribution in [0.2, 0.25) is 0 Å². The first-order chi connectivity index (χ1) is 40.5. The molecule has 0 N–H and O–H groups in total. The zero-order valence-corrected chi connectivity index (χ0v) is 47.6. The topological polar surface area (TPSA) is 48.5 Å². The van der Waals surface area contributed by atoms with Crippen LogP contribution in [0.15, 0.2) is 224 Å². The average Bonchev–Trinajstić information content (AvgIpc) is 2.88. The molecule has 6 fully saturated rings. The van der Waals surface area contributed by atoms with Crippen LogP contribution in [0.4, 0.5) is 0 Å². The molecule has 9 aromatic carbocycles. The fourth-order valence-corrected chi connectivity index (χ4v) is 22.8. The van der Waals surface area contributed by atoms with Crippen molar-refractivity contribution in [2.45, 2.75) is 94.3 Å². The number of para-hydroxylation sites is 3. The molecule has 0 spiro atoms. The number of rotatable bonds is 10. The molecule has 0 amide bonds. The third kappa shape index (κ3) is 7.52. The predicted octanol–water partition coefficient (Wildman–Crippen LogP) is 15.9. The molecule has 18 rings (SSSR count). The van der Waals surface area contributed by atoms with Crippen molar-refractivity contribution in [1.82, 2.24) is 24.1 Å². The Morgan fingerprint density at radius 2 is 0.841 bits per heavy atom. The summed E-state index contributed by atoms with van der Waals surface area (Å²) in [5.41, 5.74) is 10.5. The van der Waals surface area contributed by atoms with Crippen molar-refractivity contribution in [3.8, 4) is 33.9 Å². The number of hydrogen-bond donors (Lipinski definition) is 0. The molecule has 12 aromatic rings. The van der Waals surface area contributed by atoms with Crippen LogP contribution in [0, 0.1) is 23.7 Å². The maximum atomic E-state index is 6.01. The summed E-state index contributed by atoms with van der Waals surface area (Å²) in [5, 5.41) is 10.5. The summed E-state index contributed by atoms with van der Waals surface area (Å²) in [5.74, 6) is 6.12. The Bertz CT molecular complexity index is 4250. The van der Waals surface area contributed by atoms with Gasteiger partial charge in [0.2, 0.25) is 0 Å². The van der Waals surface area contributed by atoms with E-state index in [9.17, 15) is 0 Å². The summed E-state index contributed by atoms with van der Waals surface area (Å²) in [7, 11) is -2.83. The van der Waals surface area contributed by atoms with Crippen molar-refractivity contribution in [2.75, 3.05) is 0 Å². The fourth-order valence-electron chi connectivity index (χ4n) is 18.0. The van der Waals surface area contributed by atoms with Crippen LogP contribution in [0.3, 0.4) is 0 Å². The molecule has 6 aliphatic carbocycles. The van der Waals surface area contributed by atoms with Gasteiger partial charge in [-0.15, -0.1) is 0 Å². The minimum atomic E-state index is -2.83. The molecule has 5 nitrogen and oxygen atoms in total. The molecule has 6 bridgehead atoms. The van der Waals surface area contributed by atoms with Crippen LogP contribution in [-0.4, -0.2) is 32.2 Å². The monoisotopic (exact) mass is 1080 g/mol. The van der Waals surface area contributed by atoms with Gasteiger partial charge in [-0.3, -0.25) is 0 Å². The number of nitrogens with zero attached hydrogens (tertiary/aromatic N) is 5. The lowest BCUT2D eigenvalue weighted by Crippen LogP contribution is -2.74. The summed E-state index contributed by atoms with van der Waals surface area (Å²) in [4.78, 5) is 17.9. The molecule has 0 saturated heterocycles. The van der Waals surface area contributed by atoms with Gasteiger partial charge in [0.1, 0.15) is 11.6 Å². The minimum absolute atomic E-state index is 0.00297. The number of fused-ring (bicyclic) bond motifs is 8. The smallest absolute Gasteiger partial charge is 0.179 e. The van der Waals surface area contributed by atoms with Gasteiger partial charge >= 0.3 is 0 Å². The molecule has 0 unspecified atom stereocenters. The van der Waals surface area contributed by atoms with Gasteiger partial charge in [-0.1, -0.05) is 202 Å². The van der Waals surface area contributed by atoms with Crippen molar-refractivity contribution >= 4 is 72.4 Å². The first-order valence-corrected chi connectivity index (χ1v) is 32.7. The van der Waals surface area contributed by atoms with E-state index in [1.165, 1.54) is 159 Å². The van der Waals surface area contributed by atoms with Crippen LogP contribution in [0.25, 0.3) is 77.5 Å². The van der Waals surface area contributed by atoms with Gasteiger partial charge in [0.15, 0.2) is 13.9 Å². The highest BCUT2D eigenvalue weighted by Gasteiger charge is 2.54. The second kappa shape index (κ2) is 18.9. The van der Waals surface area contributed by atoms with Crippen LogP contribution in [0.5, 0.6) is 0 Å². The van der Waals surface area contributed by atoms with Crippen molar-refractivity contribution in [2.24, 2.45) is 23.7 Å². The van der Waals surface area contributed by atoms with Crippen LogP contribution in [0.1, 0.15) is 95.1 Å². The largest absolute Gasteiger partial charge is 0.309 e. The van der Waals surface area contributed by atoms with E-state index in [0.717, 1.165) is 58.1 Å². The van der Waals surface area contributed by atoms with Crippen molar-refractivity contribution in [3.63, 3.8) is 0 Å². The highest BCUT2D eigenvalue weighted by atomic mass is 28.3. The molecule has 0 radical (unpaired) electrons. The van der Waals surface area contributed by atoms with Gasteiger partial charge in [0.05, 0.1) is 27.8 Å². The third-order valence-electron chi connectivity index (χ3n) is 21.1. The lowest BCUT2D eigenvalue weighted by molar-refractivity contribution is -0.00985. The van der Waals surface area contributed by atoms with Gasteiger partial charge in [0, 0.05) is 43.6 Å². The molecule has 0 atom stereocenters. The van der Waals surface area contributed by atoms with Crippen LogP contribution in [-0.2, 0) is 10.8 Å². The van der Waals surface area contributed by atoms with Gasteiger partial charge < -0.3 is 9.13 Å². The standard InChI is InChI=1S/C76H67N5Si/c1-4-22-58(23-5-1)82(59-24-6-2-7-25-59,60-26-8-3-9-27-60)61-28-16-21-55(44-61)56-35-37-71(81-69-34-15-12-31-64(69)65-46-57(36-38-70(65)81)80-67-32-13-10-29-62(67)63-30-11-14-33-68(63)80)66(45-56)72-77-73(75-39-17-19-51(47-75)20-18-40-75)79-74(78-72)76-48-52-41-53(49-76)43-54(42-52)50-76/h1-16,21-38,44-46,51-54H,17-20,39-43,47-50H2. The second-order valence-electron chi connectivity index (χ2n) is 25.7. The summed E-state index contributed by atoms with van der Waals surface area (Å²) in [6, 6.07) is 84.7. The van der Waals surface area contributed by atoms with E-state index in [-0.39, 0.29) is 10.8 Å². The summed E-state index contributed by atoms with van der Waals surface area (Å²) in [6.07, 6.45) is 16.5. The zero-order chi connectivity index (χ0) is 54.0. The Balaban J connectivity index is 0.917. The molecule has 400 valence electrons. The van der Waals surface area contributed by atoms with Crippen molar-refractivity contribution in [3.05, 3.63) is 236 Å². The summed E-state index contributed by atoms with van der Waals surface area (Å²) < 4.78 is 4.99. The normalized spacial score (nSPS) is 23.1. The third-order valence-corrected chi connectivity index (χ3v) is 25.8. The van der Waals surface area contributed by atoms with E-state index in [2.05, 4.69) is 234 Å². The molecule has 6 saturated carbocycles. The zero-order valence-electron chi connectivity index (χ0n) is 46.6. The first-order valence-electron chi connectivity index (χ1n) is 30.7. The van der Waals surface area contributed by atoms with E-state index < -0.39 is 8.07 Å². The molecule has 6 aliphatic rings. The van der Waals surface area contributed by atoms with Crippen molar-refractivity contribution < 1.29 is 0 Å². The number of aromatic nitrogens is 5. The summed E-state index contributed by atoms with van der Waals surface area (Å²) in [6.45, 7) is 0. The molecule has 0 aliphatic heterocycles. The van der Waals surface area contributed by atoms with E-state index in [4.69, 9.17) is 15.0 Å². The van der Waals surface area contributed by atoms with Gasteiger partial charge in [0.25, 0.3) is 0 Å². The maximum absolute atomic E-state index is 6.01. The fraction of sp³-hybridized carbons (Fsp3) is 0.250. The Morgan fingerprint density at radius 1 is 0.366 bits per heavy atom. The summed E-state index contributed by atoms with van der Waals surface area (Å²) >= 11 is 0. The van der Waals surface area contributed by atoms with Crippen molar-refractivity contribution in [1.29, 1.82) is 0 Å². The minimum Gasteiger partial charge on any atom is -0.309 e. The molecule has 3 heterocycles. The Hall–Kier alpha value is -8.19. The van der Waals surface area contributed by atoms with Crippen LogP contribution < -0.4 is 20.7 Å². The van der Waals surface area contributed by atoms with Gasteiger partial charge in [-0.05, 0) is 162 Å². The van der Waals surface area contributed by atoms with E-state index in [1.807, 2.05) is 0 Å². The average molecular weight is 1080 g/mol. The Morgan fingerprint density at radius 3 is 1.43 bits per heavy atom. The predicted molar refractivity (Wildman–Crippen MR) is 340 cm³/mol. The van der Waals surface area contributed by atoms with Crippen LogP contribution >= 0.6 is 0 Å². The van der Waals surface area contributed by atoms with E-state index in [1.54, 1.807) is 0 Å². The first kappa shape index (κ1) is 48.5. The molecular weight excluding hydrogens is 1010 g/mol. The Labute approximate surface area is 481 Å². The molecular formula is C76H67N5Si. The number of benzene rings is 9. The molecule has 3 aromatic heterocycles. The number of hydrogen-bond acceptors (Lipinski definition) is 3. The van der Waals surface area contributed by atoms with E-state index >= 15 is 0 Å². The SMILES string of the molecule is c1ccc([Si](c2ccccc2)(c2ccccc2)c2cccc(-c3ccc(-n4c5ccccc5c5cc(-n6c7ccccc7c7ccccc76)ccc54)c(-c4nc(C56CCCC(CCC5)C6)nc(C56CC7CC(CC(C7)C5)C6)n4)c3)c2)cc1. The van der Waals surface area contributed by atoms with E-state index in [0.29, 0.717) is 0 Å². The second-order valence-corrected chi connectivity index (χ2v) is 29.5. The molecule has 82 heavy (non-hydrogen) atoms. The maximum Gasteiger partial charge on any atom is 0.179 e. The quantitative estimate of drug-likeness (QED) is 0.101.